The van der Waals surface area contributed by atoms with Crippen molar-refractivity contribution in [2.45, 2.75) is 33.2 Å². The molecule has 6 heteroatoms. The summed E-state index contributed by atoms with van der Waals surface area (Å²) in [7, 11) is 0. The monoisotopic (exact) mass is 267 g/mol. The molecule has 1 atom stereocenters. The number of aromatic carboxylic acids is 1. The summed E-state index contributed by atoms with van der Waals surface area (Å²) in [6.45, 7) is 6.94. The number of carboxylic acids is 1. The van der Waals surface area contributed by atoms with Gasteiger partial charge in [-0.05, 0) is 20.3 Å². The molecule has 2 heterocycles. The number of hydrogen-bond acceptors (Lipinski definition) is 4. The first-order valence-electron chi connectivity index (χ1n) is 6.05. The number of thiazole rings is 1. The topological polar surface area (TPSA) is 57.8 Å². The van der Waals surface area contributed by atoms with Crippen LogP contribution in [0.25, 0.3) is 4.96 Å². The first-order chi connectivity index (χ1) is 8.60. The van der Waals surface area contributed by atoms with E-state index in [9.17, 15) is 9.90 Å². The van der Waals surface area contributed by atoms with Gasteiger partial charge in [0.2, 0.25) is 0 Å². The number of carbonyl (C=O) groups is 1. The molecule has 0 aliphatic rings. The normalized spacial score (nSPS) is 12.8. The number of imidazole rings is 1. The molecule has 0 spiro atoms. The maximum Gasteiger partial charge on any atom is 0.356 e. The third-order valence-corrected chi connectivity index (χ3v) is 3.94. The van der Waals surface area contributed by atoms with Gasteiger partial charge < -0.3 is 10.0 Å². The second-order valence-corrected chi connectivity index (χ2v) is 5.06. The lowest BCUT2D eigenvalue weighted by molar-refractivity contribution is 0.0690. The van der Waals surface area contributed by atoms with Crippen molar-refractivity contribution < 1.29 is 9.90 Å². The number of aromatic nitrogens is 2. The molecule has 18 heavy (non-hydrogen) atoms. The van der Waals surface area contributed by atoms with Gasteiger partial charge in [0.05, 0.1) is 0 Å². The Bertz CT molecular complexity index is 561. The minimum atomic E-state index is -0.933. The molecule has 0 amide bonds. The molecule has 0 radical (unpaired) electrons. The predicted molar refractivity (Wildman–Crippen MR) is 72.8 cm³/mol. The van der Waals surface area contributed by atoms with Gasteiger partial charge in [-0.25, -0.2) is 9.78 Å². The molecule has 0 aliphatic heterocycles. The summed E-state index contributed by atoms with van der Waals surface area (Å²) in [5.41, 5.74) is 0.258. The third kappa shape index (κ3) is 1.96. The van der Waals surface area contributed by atoms with Crippen LogP contribution in [0, 0.1) is 0 Å². The van der Waals surface area contributed by atoms with Crippen LogP contribution in [0.1, 0.15) is 37.7 Å². The van der Waals surface area contributed by atoms with Gasteiger partial charge in [-0.1, -0.05) is 6.92 Å². The molecule has 0 saturated heterocycles. The highest BCUT2D eigenvalue weighted by atomic mass is 32.1. The Balaban J connectivity index is 2.58. The highest BCUT2D eigenvalue weighted by Crippen LogP contribution is 2.26. The lowest BCUT2D eigenvalue weighted by Gasteiger charge is -2.27. The molecule has 0 aliphatic carbocycles. The van der Waals surface area contributed by atoms with Crippen molar-refractivity contribution in [2.24, 2.45) is 0 Å². The first kappa shape index (κ1) is 12.9. The number of carboxylic acid groups (broad SMARTS) is 1. The molecular formula is C12H17N3O2S. The number of hydrogen-bond donors (Lipinski definition) is 1. The Morgan fingerprint density at radius 1 is 1.61 bits per heavy atom. The zero-order valence-corrected chi connectivity index (χ0v) is 11.6. The Hall–Kier alpha value is -1.56. The zero-order valence-electron chi connectivity index (χ0n) is 10.8. The van der Waals surface area contributed by atoms with Gasteiger partial charge in [-0.15, -0.1) is 11.3 Å². The van der Waals surface area contributed by atoms with Gasteiger partial charge in [-0.2, -0.15) is 0 Å². The summed E-state index contributed by atoms with van der Waals surface area (Å²) >= 11 is 1.45. The van der Waals surface area contributed by atoms with Crippen LogP contribution in [0.3, 0.4) is 0 Å². The fourth-order valence-electron chi connectivity index (χ4n) is 2.06. The molecule has 1 unspecified atom stereocenters. The molecule has 98 valence electrons. The van der Waals surface area contributed by atoms with Crippen LogP contribution < -0.4 is 4.90 Å². The molecule has 0 saturated carbocycles. The molecule has 0 bridgehead atoms. The Morgan fingerprint density at radius 3 is 2.89 bits per heavy atom. The van der Waals surface area contributed by atoms with E-state index in [0.717, 1.165) is 17.9 Å². The molecule has 1 N–H and O–H groups in total. The van der Waals surface area contributed by atoms with Crippen molar-refractivity contribution in [3.8, 4) is 0 Å². The molecule has 5 nitrogen and oxygen atoms in total. The minimum Gasteiger partial charge on any atom is -0.476 e. The van der Waals surface area contributed by atoms with Crippen LogP contribution in [0.2, 0.25) is 0 Å². The second-order valence-electron chi connectivity index (χ2n) is 4.19. The second kappa shape index (κ2) is 4.97. The van der Waals surface area contributed by atoms with Crippen LogP contribution in [0.15, 0.2) is 11.6 Å². The standard InChI is InChI=1S/C12H17N3O2S/c1-4-8(3)14(5-2)10-9(11(16)17)15-6-7-18-12(15)13-10/h6-8H,4-5H2,1-3H3,(H,16,17). The average Bonchev–Trinajstić information content (AvgIpc) is 2.89. The van der Waals surface area contributed by atoms with Crippen LogP contribution in [0.4, 0.5) is 5.82 Å². The maximum atomic E-state index is 11.4. The van der Waals surface area contributed by atoms with E-state index in [1.165, 1.54) is 11.3 Å². The molecule has 2 aromatic rings. The predicted octanol–water partition coefficient (Wildman–Crippen LogP) is 2.72. The summed E-state index contributed by atoms with van der Waals surface area (Å²) in [6, 6.07) is 0.276. The Kier molecular flexibility index (Phi) is 3.56. The summed E-state index contributed by atoms with van der Waals surface area (Å²) in [6.07, 6.45) is 2.71. The van der Waals surface area contributed by atoms with Gasteiger partial charge in [0.15, 0.2) is 16.5 Å². The van der Waals surface area contributed by atoms with Gasteiger partial charge in [0, 0.05) is 24.2 Å². The van der Waals surface area contributed by atoms with Crippen LogP contribution >= 0.6 is 11.3 Å². The average molecular weight is 267 g/mol. The number of rotatable bonds is 5. The van der Waals surface area contributed by atoms with E-state index in [2.05, 4.69) is 18.8 Å². The maximum absolute atomic E-state index is 11.4. The van der Waals surface area contributed by atoms with Crippen molar-refractivity contribution in [1.82, 2.24) is 9.38 Å². The lowest BCUT2D eigenvalue weighted by Crippen LogP contribution is -2.33. The van der Waals surface area contributed by atoms with E-state index in [1.54, 1.807) is 10.6 Å². The van der Waals surface area contributed by atoms with Gasteiger partial charge in [0.1, 0.15) is 0 Å². The molecule has 2 aromatic heterocycles. The lowest BCUT2D eigenvalue weighted by atomic mass is 10.2. The molecule has 0 aromatic carbocycles. The third-order valence-electron chi connectivity index (χ3n) is 3.18. The zero-order chi connectivity index (χ0) is 13.3. The van der Waals surface area contributed by atoms with Crippen molar-refractivity contribution >= 4 is 28.1 Å². The van der Waals surface area contributed by atoms with E-state index in [4.69, 9.17) is 0 Å². The van der Waals surface area contributed by atoms with Crippen LogP contribution in [0.5, 0.6) is 0 Å². The molecular weight excluding hydrogens is 250 g/mol. The van der Waals surface area contributed by atoms with Gasteiger partial charge >= 0.3 is 5.97 Å². The summed E-state index contributed by atoms with van der Waals surface area (Å²) < 4.78 is 1.65. The van der Waals surface area contributed by atoms with E-state index in [-0.39, 0.29) is 11.7 Å². The van der Waals surface area contributed by atoms with E-state index in [0.29, 0.717) is 5.82 Å². The summed E-state index contributed by atoms with van der Waals surface area (Å²) in [5.74, 6) is -0.358. The molecule has 2 rings (SSSR count). The fourth-order valence-corrected chi connectivity index (χ4v) is 2.77. The highest BCUT2D eigenvalue weighted by Gasteiger charge is 2.25. The SMILES string of the molecule is CCC(C)N(CC)c1nc2sccn2c1C(=O)O. The van der Waals surface area contributed by atoms with E-state index >= 15 is 0 Å². The van der Waals surface area contributed by atoms with Crippen LogP contribution in [-0.2, 0) is 0 Å². The molecule has 0 fully saturated rings. The van der Waals surface area contributed by atoms with Crippen molar-refractivity contribution in [1.29, 1.82) is 0 Å². The smallest absolute Gasteiger partial charge is 0.356 e. The van der Waals surface area contributed by atoms with Crippen molar-refractivity contribution in [2.75, 3.05) is 11.4 Å². The van der Waals surface area contributed by atoms with Crippen molar-refractivity contribution in [3.05, 3.63) is 17.3 Å². The van der Waals surface area contributed by atoms with Gasteiger partial charge in [-0.3, -0.25) is 4.40 Å². The largest absolute Gasteiger partial charge is 0.476 e. The van der Waals surface area contributed by atoms with Crippen LogP contribution in [-0.4, -0.2) is 33.0 Å². The summed E-state index contributed by atoms with van der Waals surface area (Å²) in [5, 5.41) is 11.2. The Morgan fingerprint density at radius 2 is 2.33 bits per heavy atom. The number of anilines is 1. The number of nitrogens with zero attached hydrogens (tertiary/aromatic N) is 3. The van der Waals surface area contributed by atoms with Crippen molar-refractivity contribution in [3.63, 3.8) is 0 Å². The first-order valence-corrected chi connectivity index (χ1v) is 6.93. The summed E-state index contributed by atoms with van der Waals surface area (Å²) in [4.78, 5) is 18.7. The Labute approximate surface area is 110 Å². The fraction of sp³-hybridized carbons (Fsp3) is 0.500. The van der Waals surface area contributed by atoms with Gasteiger partial charge in [0.25, 0.3) is 0 Å². The minimum absolute atomic E-state index is 0.258. The quantitative estimate of drug-likeness (QED) is 0.905. The highest BCUT2D eigenvalue weighted by molar-refractivity contribution is 7.15. The van der Waals surface area contributed by atoms with E-state index < -0.39 is 5.97 Å². The van der Waals surface area contributed by atoms with E-state index in [1.807, 2.05) is 17.2 Å². The number of fused-ring (bicyclic) bond motifs is 1.